The number of hydrogen-bond donors (Lipinski definition) is 1. The maximum absolute atomic E-state index is 11.9. The molecule has 0 radical (unpaired) electrons. The van der Waals surface area contributed by atoms with Crippen LogP contribution in [-0.4, -0.2) is 34.6 Å². The molecule has 0 bridgehead atoms. The Bertz CT molecular complexity index is 216. The first-order valence-electron chi connectivity index (χ1n) is 7.02. The van der Waals surface area contributed by atoms with Crippen LogP contribution in [0.5, 0.6) is 0 Å². The van der Waals surface area contributed by atoms with Gasteiger partial charge >= 0.3 is 0 Å². The summed E-state index contributed by atoms with van der Waals surface area (Å²) in [5.41, 5.74) is 0. The number of nitrogens with zero attached hydrogens (tertiary/aromatic N) is 1. The SMILES string of the molecule is CC.CCC1CC(O)CN1C(=O)CCC(C)C. The molecule has 1 amide bonds. The molecular weight excluding hydrogens is 214 g/mol. The van der Waals surface area contributed by atoms with Crippen molar-refractivity contribution in [3.8, 4) is 0 Å². The van der Waals surface area contributed by atoms with Crippen LogP contribution in [0.3, 0.4) is 0 Å². The monoisotopic (exact) mass is 243 g/mol. The molecule has 1 aliphatic heterocycles. The normalized spacial score (nSPS) is 23.6. The minimum atomic E-state index is -0.307. The molecule has 3 heteroatoms. The first-order chi connectivity index (χ1) is 8.04. The fourth-order valence-corrected chi connectivity index (χ4v) is 2.14. The minimum Gasteiger partial charge on any atom is -0.391 e. The number of carbonyl (C=O) groups is 1. The Hall–Kier alpha value is -0.570. The van der Waals surface area contributed by atoms with Gasteiger partial charge in [-0.3, -0.25) is 4.79 Å². The zero-order valence-corrected chi connectivity index (χ0v) is 12.1. The van der Waals surface area contributed by atoms with E-state index in [-0.39, 0.29) is 18.1 Å². The van der Waals surface area contributed by atoms with E-state index < -0.39 is 0 Å². The van der Waals surface area contributed by atoms with Crippen molar-refractivity contribution in [1.29, 1.82) is 0 Å². The van der Waals surface area contributed by atoms with Gasteiger partial charge in [-0.2, -0.15) is 0 Å². The molecule has 1 N–H and O–H groups in total. The Morgan fingerprint density at radius 3 is 2.47 bits per heavy atom. The third kappa shape index (κ3) is 5.53. The summed E-state index contributed by atoms with van der Waals surface area (Å²) < 4.78 is 0. The van der Waals surface area contributed by atoms with Gasteiger partial charge in [-0.25, -0.2) is 0 Å². The summed E-state index contributed by atoms with van der Waals surface area (Å²) in [7, 11) is 0. The molecule has 2 atom stereocenters. The molecule has 1 aliphatic rings. The van der Waals surface area contributed by atoms with Crippen LogP contribution < -0.4 is 0 Å². The fourth-order valence-electron chi connectivity index (χ4n) is 2.14. The second-order valence-electron chi connectivity index (χ2n) is 4.93. The van der Waals surface area contributed by atoms with E-state index in [2.05, 4.69) is 20.8 Å². The summed E-state index contributed by atoms with van der Waals surface area (Å²) in [6.45, 7) is 10.9. The summed E-state index contributed by atoms with van der Waals surface area (Å²) in [6, 6.07) is 0.264. The third-order valence-electron chi connectivity index (χ3n) is 3.12. The lowest BCUT2D eigenvalue weighted by molar-refractivity contribution is -0.132. The fraction of sp³-hybridized carbons (Fsp3) is 0.929. The summed E-state index contributed by atoms with van der Waals surface area (Å²) in [4.78, 5) is 13.7. The number of aliphatic hydroxyl groups is 1. The van der Waals surface area contributed by atoms with Crippen molar-refractivity contribution in [1.82, 2.24) is 4.90 Å². The smallest absolute Gasteiger partial charge is 0.222 e. The van der Waals surface area contributed by atoms with Gasteiger partial charge in [0.2, 0.25) is 5.91 Å². The van der Waals surface area contributed by atoms with Gasteiger partial charge < -0.3 is 10.0 Å². The first-order valence-corrected chi connectivity index (χ1v) is 7.02. The molecule has 1 rings (SSSR count). The van der Waals surface area contributed by atoms with E-state index in [1.165, 1.54) is 0 Å². The lowest BCUT2D eigenvalue weighted by Crippen LogP contribution is -2.35. The maximum Gasteiger partial charge on any atom is 0.222 e. The van der Waals surface area contributed by atoms with Crippen molar-refractivity contribution in [2.45, 2.75) is 72.4 Å². The third-order valence-corrected chi connectivity index (χ3v) is 3.12. The average Bonchev–Trinajstić information content (AvgIpc) is 2.70. The molecule has 1 fully saturated rings. The quantitative estimate of drug-likeness (QED) is 0.825. The predicted molar refractivity (Wildman–Crippen MR) is 71.8 cm³/mol. The molecule has 0 spiro atoms. The van der Waals surface area contributed by atoms with Crippen molar-refractivity contribution < 1.29 is 9.90 Å². The van der Waals surface area contributed by atoms with Crippen LogP contribution in [0.2, 0.25) is 0 Å². The van der Waals surface area contributed by atoms with Crippen LogP contribution in [0.15, 0.2) is 0 Å². The summed E-state index contributed by atoms with van der Waals surface area (Å²) in [6.07, 6.45) is 2.97. The molecule has 2 unspecified atom stereocenters. The van der Waals surface area contributed by atoms with E-state index in [0.717, 1.165) is 19.3 Å². The molecule has 0 aromatic carbocycles. The summed E-state index contributed by atoms with van der Waals surface area (Å²) >= 11 is 0. The molecule has 102 valence electrons. The molecule has 0 aliphatic carbocycles. The van der Waals surface area contributed by atoms with Crippen molar-refractivity contribution in [2.75, 3.05) is 6.54 Å². The molecule has 0 saturated carbocycles. The standard InChI is InChI=1S/C12H23NO2.C2H6/c1-4-10-7-11(14)8-13(10)12(15)6-5-9(2)3;1-2/h9-11,14H,4-8H2,1-3H3;1-2H3. The number of β-amino-alcohol motifs (C(OH)–C–C–N with tert-alkyl or cyclic N) is 1. The highest BCUT2D eigenvalue weighted by Crippen LogP contribution is 2.22. The van der Waals surface area contributed by atoms with Crippen molar-refractivity contribution >= 4 is 5.91 Å². The van der Waals surface area contributed by atoms with Crippen LogP contribution in [-0.2, 0) is 4.79 Å². The first kappa shape index (κ1) is 16.4. The van der Waals surface area contributed by atoms with E-state index in [1.54, 1.807) is 0 Å². The molecule has 0 aromatic heterocycles. The zero-order valence-electron chi connectivity index (χ0n) is 12.1. The van der Waals surface area contributed by atoms with E-state index >= 15 is 0 Å². The molecule has 3 nitrogen and oxygen atoms in total. The lowest BCUT2D eigenvalue weighted by atomic mass is 10.1. The number of hydrogen-bond acceptors (Lipinski definition) is 2. The zero-order chi connectivity index (χ0) is 13.4. The molecular formula is C14H29NO2. The second-order valence-corrected chi connectivity index (χ2v) is 4.93. The Morgan fingerprint density at radius 2 is 2.00 bits per heavy atom. The average molecular weight is 243 g/mol. The molecule has 1 heterocycles. The maximum atomic E-state index is 11.9. The van der Waals surface area contributed by atoms with Gasteiger partial charge in [0.05, 0.1) is 6.10 Å². The van der Waals surface area contributed by atoms with Crippen molar-refractivity contribution in [3.05, 3.63) is 0 Å². The molecule has 17 heavy (non-hydrogen) atoms. The topological polar surface area (TPSA) is 40.5 Å². The predicted octanol–water partition coefficient (Wildman–Crippen LogP) is 2.82. The van der Waals surface area contributed by atoms with Crippen LogP contribution in [0, 0.1) is 5.92 Å². The van der Waals surface area contributed by atoms with Crippen LogP contribution >= 0.6 is 0 Å². The molecule has 1 saturated heterocycles. The van der Waals surface area contributed by atoms with E-state index in [9.17, 15) is 9.90 Å². The number of amides is 1. The van der Waals surface area contributed by atoms with E-state index in [1.807, 2.05) is 18.7 Å². The Morgan fingerprint density at radius 1 is 1.41 bits per heavy atom. The van der Waals surface area contributed by atoms with Gasteiger partial charge in [0.25, 0.3) is 0 Å². The van der Waals surface area contributed by atoms with Gasteiger partial charge in [0.15, 0.2) is 0 Å². The van der Waals surface area contributed by atoms with Gasteiger partial charge in [0.1, 0.15) is 0 Å². The number of rotatable bonds is 4. The van der Waals surface area contributed by atoms with E-state index in [0.29, 0.717) is 18.9 Å². The Labute approximate surface area is 106 Å². The summed E-state index contributed by atoms with van der Waals surface area (Å²) in [5, 5.41) is 9.53. The van der Waals surface area contributed by atoms with Crippen molar-refractivity contribution in [2.24, 2.45) is 5.92 Å². The van der Waals surface area contributed by atoms with Gasteiger partial charge in [0, 0.05) is 19.0 Å². The highest BCUT2D eigenvalue weighted by Gasteiger charge is 2.32. The Balaban J connectivity index is 0.00000121. The minimum absolute atomic E-state index is 0.215. The van der Waals surface area contributed by atoms with E-state index in [4.69, 9.17) is 0 Å². The van der Waals surface area contributed by atoms with Crippen molar-refractivity contribution in [3.63, 3.8) is 0 Å². The lowest BCUT2D eigenvalue weighted by Gasteiger charge is -2.23. The molecule has 0 aromatic rings. The van der Waals surface area contributed by atoms with Gasteiger partial charge in [-0.05, 0) is 25.2 Å². The highest BCUT2D eigenvalue weighted by molar-refractivity contribution is 5.76. The summed E-state index contributed by atoms with van der Waals surface area (Å²) in [5.74, 6) is 0.786. The largest absolute Gasteiger partial charge is 0.391 e. The second kappa shape index (κ2) is 8.51. The van der Waals surface area contributed by atoms with Crippen LogP contribution in [0.4, 0.5) is 0 Å². The van der Waals surface area contributed by atoms with Crippen LogP contribution in [0.25, 0.3) is 0 Å². The van der Waals surface area contributed by atoms with Gasteiger partial charge in [-0.15, -0.1) is 0 Å². The highest BCUT2D eigenvalue weighted by atomic mass is 16.3. The number of carbonyl (C=O) groups excluding carboxylic acids is 1. The van der Waals surface area contributed by atoms with Gasteiger partial charge in [-0.1, -0.05) is 34.6 Å². The Kier molecular flexibility index (Phi) is 8.23. The number of likely N-dealkylation sites (tertiary alicyclic amines) is 1. The van der Waals surface area contributed by atoms with Crippen LogP contribution in [0.1, 0.15) is 60.3 Å². The number of aliphatic hydroxyl groups excluding tert-OH is 1.